The Hall–Kier alpha value is -2.15. The fourth-order valence-electron chi connectivity index (χ4n) is 1.68. The van der Waals surface area contributed by atoms with E-state index in [1.54, 1.807) is 19.6 Å². The van der Waals surface area contributed by atoms with Crippen molar-refractivity contribution in [2.75, 3.05) is 12.4 Å². The minimum atomic E-state index is 0.480. The third-order valence-corrected chi connectivity index (χ3v) is 3.42. The highest BCUT2D eigenvalue weighted by molar-refractivity contribution is 9.10. The molecule has 1 aromatic carbocycles. The number of nitrogens with zero attached hydrogens (tertiary/aromatic N) is 3. The second-order valence-corrected chi connectivity index (χ2v) is 4.57. The average Bonchev–Trinajstić information content (AvgIpc) is 2.88. The first kappa shape index (κ1) is 11.9. The summed E-state index contributed by atoms with van der Waals surface area (Å²) in [6.07, 6.45) is 3.27. The number of nitrogens with one attached hydrogen (secondary N) is 2. The summed E-state index contributed by atoms with van der Waals surface area (Å²) in [6.45, 7) is 0. The van der Waals surface area contributed by atoms with Gasteiger partial charge in [-0.2, -0.15) is 4.98 Å². The Morgan fingerprint density at radius 3 is 3.05 bits per heavy atom. The van der Waals surface area contributed by atoms with E-state index in [0.717, 1.165) is 21.4 Å². The fourth-order valence-corrected chi connectivity index (χ4v) is 2.21. The van der Waals surface area contributed by atoms with Crippen molar-refractivity contribution in [2.45, 2.75) is 0 Å². The number of benzene rings is 1. The standard InChI is InChI=1S/C12H10BrN5O/c1-19-9-4-2-3-7(10(9)13)17-12-14-5-8-11(18-12)16-6-15-8/h2-6H,1H3,(H2,14,15,16,17,18). The molecule has 7 heteroatoms. The predicted octanol–water partition coefficient (Wildman–Crippen LogP) is 2.87. The summed E-state index contributed by atoms with van der Waals surface area (Å²) in [6, 6.07) is 5.66. The summed E-state index contributed by atoms with van der Waals surface area (Å²) in [5.41, 5.74) is 2.25. The van der Waals surface area contributed by atoms with Crippen LogP contribution in [0.25, 0.3) is 11.2 Å². The molecule has 0 spiro atoms. The first-order valence-corrected chi connectivity index (χ1v) is 6.33. The molecule has 3 rings (SSSR count). The van der Waals surface area contributed by atoms with Gasteiger partial charge in [0.05, 0.1) is 29.8 Å². The maximum Gasteiger partial charge on any atom is 0.229 e. The van der Waals surface area contributed by atoms with Crippen LogP contribution in [0.2, 0.25) is 0 Å². The molecule has 2 N–H and O–H groups in total. The van der Waals surface area contributed by atoms with E-state index in [1.807, 2.05) is 18.2 Å². The molecule has 0 fully saturated rings. The molecular formula is C12H10BrN5O. The van der Waals surface area contributed by atoms with Gasteiger partial charge in [-0.25, -0.2) is 9.97 Å². The van der Waals surface area contributed by atoms with Crippen LogP contribution < -0.4 is 10.1 Å². The molecule has 19 heavy (non-hydrogen) atoms. The van der Waals surface area contributed by atoms with E-state index in [4.69, 9.17) is 4.74 Å². The highest BCUT2D eigenvalue weighted by atomic mass is 79.9. The highest BCUT2D eigenvalue weighted by Crippen LogP contribution is 2.33. The number of imidazole rings is 1. The molecule has 0 aliphatic rings. The molecule has 0 radical (unpaired) electrons. The Bertz CT molecular complexity index is 727. The van der Waals surface area contributed by atoms with Gasteiger partial charge in [0, 0.05) is 0 Å². The van der Waals surface area contributed by atoms with Crippen molar-refractivity contribution < 1.29 is 4.74 Å². The molecule has 0 bridgehead atoms. The van der Waals surface area contributed by atoms with E-state index in [0.29, 0.717) is 11.6 Å². The van der Waals surface area contributed by atoms with Crippen LogP contribution in [0.1, 0.15) is 0 Å². The molecule has 0 aliphatic carbocycles. The van der Waals surface area contributed by atoms with Crippen molar-refractivity contribution in [2.24, 2.45) is 0 Å². The van der Waals surface area contributed by atoms with E-state index in [1.165, 1.54) is 0 Å². The van der Waals surface area contributed by atoms with Crippen LogP contribution in [0.5, 0.6) is 5.75 Å². The van der Waals surface area contributed by atoms with Crippen molar-refractivity contribution in [1.82, 2.24) is 19.9 Å². The number of ether oxygens (including phenoxy) is 1. The zero-order valence-corrected chi connectivity index (χ0v) is 11.6. The third kappa shape index (κ3) is 2.24. The number of anilines is 2. The van der Waals surface area contributed by atoms with Crippen LogP contribution in [0, 0.1) is 0 Å². The molecule has 0 saturated heterocycles. The van der Waals surface area contributed by atoms with Crippen molar-refractivity contribution in [3.8, 4) is 5.75 Å². The molecular weight excluding hydrogens is 310 g/mol. The zero-order chi connectivity index (χ0) is 13.2. The lowest BCUT2D eigenvalue weighted by Gasteiger charge is -2.09. The minimum Gasteiger partial charge on any atom is -0.495 e. The summed E-state index contributed by atoms with van der Waals surface area (Å²) in [5.74, 6) is 1.22. The van der Waals surface area contributed by atoms with Gasteiger partial charge in [-0.3, -0.25) is 0 Å². The SMILES string of the molecule is COc1cccc(Nc2ncc3[nH]cnc3n2)c1Br. The van der Waals surface area contributed by atoms with Crippen LogP contribution >= 0.6 is 15.9 Å². The molecule has 6 nitrogen and oxygen atoms in total. The number of aromatic nitrogens is 4. The van der Waals surface area contributed by atoms with Gasteiger partial charge in [0.1, 0.15) is 11.3 Å². The molecule has 3 aromatic rings. The summed E-state index contributed by atoms with van der Waals surface area (Å²) in [5, 5.41) is 3.13. The average molecular weight is 320 g/mol. The molecule has 0 amide bonds. The summed E-state index contributed by atoms with van der Waals surface area (Å²) in [4.78, 5) is 15.6. The minimum absolute atomic E-state index is 0.480. The zero-order valence-electron chi connectivity index (χ0n) is 10.0. The highest BCUT2D eigenvalue weighted by Gasteiger charge is 2.08. The third-order valence-electron chi connectivity index (χ3n) is 2.61. The van der Waals surface area contributed by atoms with Crippen LogP contribution in [0.4, 0.5) is 11.6 Å². The van der Waals surface area contributed by atoms with Crippen molar-refractivity contribution in [3.63, 3.8) is 0 Å². The quantitative estimate of drug-likeness (QED) is 0.776. The van der Waals surface area contributed by atoms with E-state index < -0.39 is 0 Å². The number of methoxy groups -OCH3 is 1. The molecule has 96 valence electrons. The van der Waals surface area contributed by atoms with E-state index in [-0.39, 0.29) is 0 Å². The van der Waals surface area contributed by atoms with Gasteiger partial charge in [-0.05, 0) is 28.1 Å². The van der Waals surface area contributed by atoms with Gasteiger partial charge in [0.2, 0.25) is 5.95 Å². The monoisotopic (exact) mass is 319 g/mol. The van der Waals surface area contributed by atoms with E-state index >= 15 is 0 Å². The maximum atomic E-state index is 5.24. The number of aromatic amines is 1. The first-order chi connectivity index (χ1) is 9.28. The lowest BCUT2D eigenvalue weighted by atomic mass is 10.3. The van der Waals surface area contributed by atoms with E-state index in [2.05, 4.69) is 41.2 Å². The second-order valence-electron chi connectivity index (χ2n) is 3.78. The molecule has 0 aliphatic heterocycles. The Morgan fingerprint density at radius 1 is 1.32 bits per heavy atom. The topological polar surface area (TPSA) is 75.7 Å². The van der Waals surface area contributed by atoms with Crippen molar-refractivity contribution in [3.05, 3.63) is 35.2 Å². The Kier molecular flexibility index (Phi) is 3.04. The largest absolute Gasteiger partial charge is 0.495 e. The van der Waals surface area contributed by atoms with Crippen LogP contribution in [-0.2, 0) is 0 Å². The lowest BCUT2D eigenvalue weighted by molar-refractivity contribution is 0.412. The Balaban J connectivity index is 1.96. The molecule has 2 aromatic heterocycles. The van der Waals surface area contributed by atoms with Crippen molar-refractivity contribution in [1.29, 1.82) is 0 Å². The number of H-pyrrole nitrogens is 1. The molecule has 0 atom stereocenters. The number of rotatable bonds is 3. The maximum absolute atomic E-state index is 5.24. The lowest BCUT2D eigenvalue weighted by Crippen LogP contribution is -1.98. The van der Waals surface area contributed by atoms with Crippen LogP contribution in [-0.4, -0.2) is 27.0 Å². The van der Waals surface area contributed by atoms with Gasteiger partial charge >= 0.3 is 0 Å². The normalized spacial score (nSPS) is 10.6. The fraction of sp³-hybridized carbons (Fsp3) is 0.0833. The molecule has 0 unspecified atom stereocenters. The van der Waals surface area contributed by atoms with Crippen molar-refractivity contribution >= 4 is 38.7 Å². The van der Waals surface area contributed by atoms with Gasteiger partial charge < -0.3 is 15.0 Å². The van der Waals surface area contributed by atoms with Crippen LogP contribution in [0.3, 0.4) is 0 Å². The first-order valence-electron chi connectivity index (χ1n) is 5.53. The molecule has 2 heterocycles. The Morgan fingerprint density at radius 2 is 2.21 bits per heavy atom. The Labute approximate surface area is 117 Å². The summed E-state index contributed by atoms with van der Waals surface area (Å²) < 4.78 is 6.06. The second kappa shape index (κ2) is 4.85. The van der Waals surface area contributed by atoms with Gasteiger partial charge in [0.25, 0.3) is 0 Å². The number of hydrogen-bond donors (Lipinski definition) is 2. The van der Waals surface area contributed by atoms with Gasteiger partial charge in [-0.15, -0.1) is 0 Å². The van der Waals surface area contributed by atoms with Gasteiger partial charge in [-0.1, -0.05) is 6.07 Å². The summed E-state index contributed by atoms with van der Waals surface area (Å²) in [7, 11) is 1.62. The van der Waals surface area contributed by atoms with E-state index in [9.17, 15) is 0 Å². The number of fused-ring (bicyclic) bond motifs is 1. The predicted molar refractivity (Wildman–Crippen MR) is 75.7 cm³/mol. The number of hydrogen-bond acceptors (Lipinski definition) is 5. The van der Waals surface area contributed by atoms with Crippen LogP contribution in [0.15, 0.2) is 35.2 Å². The molecule has 0 saturated carbocycles. The van der Waals surface area contributed by atoms with Gasteiger partial charge in [0.15, 0.2) is 5.65 Å². The summed E-state index contributed by atoms with van der Waals surface area (Å²) >= 11 is 3.48. The smallest absolute Gasteiger partial charge is 0.229 e. The number of halogens is 1.